The Kier molecular flexibility index (Phi) is 5.74. The van der Waals surface area contributed by atoms with E-state index >= 15 is 0 Å². The van der Waals surface area contributed by atoms with E-state index in [4.69, 9.17) is 0 Å². The zero-order chi connectivity index (χ0) is 25.7. The van der Waals surface area contributed by atoms with Gasteiger partial charge in [-0.1, -0.05) is 17.7 Å². The van der Waals surface area contributed by atoms with E-state index in [0.717, 1.165) is 28.7 Å². The molecular weight excluding hydrogens is 460 g/mol. The number of hydrogen-bond acceptors (Lipinski definition) is 5. The van der Waals surface area contributed by atoms with E-state index in [0.29, 0.717) is 16.6 Å². The van der Waals surface area contributed by atoms with E-state index < -0.39 is 11.6 Å². The van der Waals surface area contributed by atoms with Gasteiger partial charge < -0.3 is 10.6 Å². The van der Waals surface area contributed by atoms with E-state index in [9.17, 15) is 19.2 Å². The molecule has 2 aromatic heterocycles. The predicted octanol–water partition coefficient (Wildman–Crippen LogP) is 2.54. The SMILES string of the molecule is Cc1ccc(NC(=O)Cn2nc3n(C4CC4)c(=O)c4ccc(C(=O)NC(C)C)cc4n3c2=O)c(C)c1. The summed E-state index contributed by atoms with van der Waals surface area (Å²) in [5.74, 6) is -0.547. The molecule has 4 aromatic rings. The summed E-state index contributed by atoms with van der Waals surface area (Å²) in [5, 5.41) is 10.4. The van der Waals surface area contributed by atoms with Crippen LogP contribution >= 0.6 is 0 Å². The lowest BCUT2D eigenvalue weighted by atomic mass is 10.1. The molecule has 2 heterocycles. The number of hydrogen-bond donors (Lipinski definition) is 2. The highest BCUT2D eigenvalue weighted by molar-refractivity contribution is 5.98. The third-order valence-electron chi connectivity index (χ3n) is 6.27. The van der Waals surface area contributed by atoms with Gasteiger partial charge in [0.1, 0.15) is 6.54 Å². The quantitative estimate of drug-likeness (QED) is 0.432. The number of benzene rings is 2. The van der Waals surface area contributed by atoms with Crippen LogP contribution in [0.4, 0.5) is 5.69 Å². The second-order valence-corrected chi connectivity index (χ2v) is 9.71. The van der Waals surface area contributed by atoms with Gasteiger partial charge in [0.25, 0.3) is 11.5 Å². The molecule has 0 aliphatic heterocycles. The summed E-state index contributed by atoms with van der Waals surface area (Å²) in [7, 11) is 0. The zero-order valence-electron chi connectivity index (χ0n) is 20.7. The van der Waals surface area contributed by atoms with Crippen LogP contribution in [0.3, 0.4) is 0 Å². The van der Waals surface area contributed by atoms with Crippen molar-refractivity contribution in [3.05, 3.63) is 73.9 Å². The molecule has 2 amide bonds. The molecule has 1 aliphatic carbocycles. The smallest absolute Gasteiger partial charge is 0.350 e. The van der Waals surface area contributed by atoms with Gasteiger partial charge in [-0.2, -0.15) is 0 Å². The van der Waals surface area contributed by atoms with Gasteiger partial charge in [-0.15, -0.1) is 5.10 Å². The minimum Gasteiger partial charge on any atom is -0.350 e. The second kappa shape index (κ2) is 8.78. The van der Waals surface area contributed by atoms with Gasteiger partial charge in [-0.3, -0.25) is 19.0 Å². The molecule has 36 heavy (non-hydrogen) atoms. The van der Waals surface area contributed by atoms with E-state index in [2.05, 4.69) is 15.7 Å². The first kappa shape index (κ1) is 23.5. The fourth-order valence-corrected chi connectivity index (χ4v) is 4.41. The molecule has 0 bridgehead atoms. The van der Waals surface area contributed by atoms with Gasteiger partial charge in [-0.05, 0) is 70.4 Å². The molecule has 0 saturated heterocycles. The fourth-order valence-electron chi connectivity index (χ4n) is 4.41. The van der Waals surface area contributed by atoms with Gasteiger partial charge in [0, 0.05) is 23.3 Å². The van der Waals surface area contributed by atoms with Crippen molar-refractivity contribution in [2.45, 2.75) is 59.2 Å². The van der Waals surface area contributed by atoms with Crippen LogP contribution in [-0.2, 0) is 11.3 Å². The number of nitrogens with one attached hydrogen (secondary N) is 2. The number of nitrogens with zero attached hydrogens (tertiary/aromatic N) is 4. The van der Waals surface area contributed by atoms with Crippen molar-refractivity contribution in [1.82, 2.24) is 24.1 Å². The fraction of sp³-hybridized carbons (Fsp3) is 0.346. The number of fused-ring (bicyclic) bond motifs is 3. The van der Waals surface area contributed by atoms with Crippen molar-refractivity contribution < 1.29 is 9.59 Å². The Morgan fingerprint density at radius 3 is 2.50 bits per heavy atom. The topological polar surface area (TPSA) is 120 Å². The van der Waals surface area contributed by atoms with Gasteiger partial charge in [-0.25, -0.2) is 13.9 Å². The molecule has 2 aromatic carbocycles. The summed E-state index contributed by atoms with van der Waals surface area (Å²) in [4.78, 5) is 52.2. The van der Waals surface area contributed by atoms with E-state index in [1.54, 1.807) is 12.1 Å². The molecule has 0 spiro atoms. The molecular formula is C26H28N6O4. The first-order valence-electron chi connectivity index (χ1n) is 12.0. The summed E-state index contributed by atoms with van der Waals surface area (Å²) >= 11 is 0. The lowest BCUT2D eigenvalue weighted by molar-refractivity contribution is -0.117. The van der Waals surface area contributed by atoms with Gasteiger partial charge in [0.15, 0.2) is 0 Å². The molecule has 0 atom stereocenters. The molecule has 2 N–H and O–H groups in total. The average Bonchev–Trinajstić information content (AvgIpc) is 3.59. The highest BCUT2D eigenvalue weighted by atomic mass is 16.2. The number of aromatic nitrogens is 4. The molecule has 10 nitrogen and oxygen atoms in total. The van der Waals surface area contributed by atoms with Crippen molar-refractivity contribution in [3.8, 4) is 0 Å². The monoisotopic (exact) mass is 488 g/mol. The van der Waals surface area contributed by atoms with Crippen LogP contribution in [0.5, 0.6) is 0 Å². The summed E-state index contributed by atoms with van der Waals surface area (Å²) in [6.07, 6.45) is 1.62. The Balaban J connectivity index is 1.61. The summed E-state index contributed by atoms with van der Waals surface area (Å²) in [6.45, 7) is 7.25. The van der Waals surface area contributed by atoms with Crippen LogP contribution in [-0.4, -0.2) is 36.6 Å². The lowest BCUT2D eigenvalue weighted by Gasteiger charge is -2.11. The Morgan fingerprint density at radius 2 is 1.83 bits per heavy atom. The summed E-state index contributed by atoms with van der Waals surface area (Å²) in [5.41, 5.74) is 2.43. The van der Waals surface area contributed by atoms with E-state index in [-0.39, 0.29) is 41.4 Å². The highest BCUT2D eigenvalue weighted by Crippen LogP contribution is 2.35. The van der Waals surface area contributed by atoms with Crippen molar-refractivity contribution in [2.24, 2.45) is 0 Å². The molecule has 1 saturated carbocycles. The molecule has 5 rings (SSSR count). The number of carbonyl (C=O) groups is 2. The summed E-state index contributed by atoms with van der Waals surface area (Å²) < 4.78 is 3.91. The Hall–Kier alpha value is -4.21. The number of aryl methyl sites for hydroxylation is 2. The molecule has 1 fully saturated rings. The molecule has 0 unspecified atom stereocenters. The first-order chi connectivity index (χ1) is 17.1. The third-order valence-corrected chi connectivity index (χ3v) is 6.27. The maximum atomic E-state index is 13.5. The normalized spacial score (nSPS) is 13.5. The van der Waals surface area contributed by atoms with Crippen LogP contribution in [0.25, 0.3) is 16.7 Å². The van der Waals surface area contributed by atoms with E-state index in [1.165, 1.54) is 15.0 Å². The van der Waals surface area contributed by atoms with Gasteiger partial charge >= 0.3 is 5.69 Å². The number of carbonyl (C=O) groups excluding carboxylic acids is 2. The summed E-state index contributed by atoms with van der Waals surface area (Å²) in [6, 6.07) is 10.2. The number of anilines is 1. The van der Waals surface area contributed by atoms with Crippen LogP contribution in [0.1, 0.15) is 54.2 Å². The predicted molar refractivity (Wildman–Crippen MR) is 137 cm³/mol. The standard InChI is InChI=1S/C26H28N6O4/c1-14(2)27-23(34)17-6-9-19-21(12-17)32-25(31(24(19)35)18-7-8-18)29-30(26(32)36)13-22(33)28-20-10-5-15(3)11-16(20)4/h5-6,9-12,14,18H,7-8,13H2,1-4H3,(H,27,34)(H,28,33). The minimum absolute atomic E-state index is 0.0485. The van der Waals surface area contributed by atoms with Crippen molar-refractivity contribution in [2.75, 3.05) is 5.32 Å². The maximum Gasteiger partial charge on any atom is 0.352 e. The molecule has 1 aliphatic rings. The van der Waals surface area contributed by atoms with Crippen molar-refractivity contribution >= 4 is 34.2 Å². The number of rotatable bonds is 6. The Labute approximate surface area is 206 Å². The third kappa shape index (κ3) is 4.19. The largest absolute Gasteiger partial charge is 0.352 e. The Bertz CT molecular complexity index is 1660. The maximum absolute atomic E-state index is 13.5. The van der Waals surface area contributed by atoms with Gasteiger partial charge in [0.2, 0.25) is 11.7 Å². The van der Waals surface area contributed by atoms with Gasteiger partial charge in [0.05, 0.1) is 10.9 Å². The van der Waals surface area contributed by atoms with Crippen LogP contribution < -0.4 is 21.9 Å². The number of amides is 2. The lowest BCUT2D eigenvalue weighted by Crippen LogP contribution is -2.31. The highest BCUT2D eigenvalue weighted by Gasteiger charge is 2.30. The van der Waals surface area contributed by atoms with Crippen LogP contribution in [0.15, 0.2) is 46.0 Å². The van der Waals surface area contributed by atoms with Crippen molar-refractivity contribution in [1.29, 1.82) is 0 Å². The second-order valence-electron chi connectivity index (χ2n) is 9.71. The molecule has 186 valence electrons. The Morgan fingerprint density at radius 1 is 1.08 bits per heavy atom. The van der Waals surface area contributed by atoms with Crippen LogP contribution in [0, 0.1) is 13.8 Å². The first-order valence-corrected chi connectivity index (χ1v) is 12.0. The van der Waals surface area contributed by atoms with Crippen LogP contribution in [0.2, 0.25) is 0 Å². The minimum atomic E-state index is -0.554. The molecule has 10 heteroatoms. The van der Waals surface area contributed by atoms with E-state index in [1.807, 2.05) is 45.9 Å². The zero-order valence-corrected chi connectivity index (χ0v) is 20.7. The molecule has 0 radical (unpaired) electrons. The van der Waals surface area contributed by atoms with Crippen molar-refractivity contribution in [3.63, 3.8) is 0 Å². The average molecular weight is 489 g/mol.